The minimum atomic E-state index is -0.160. The molecular formula is C21H17FN4O. The molecule has 3 aromatic heterocycles. The zero-order valence-electron chi connectivity index (χ0n) is 14.6. The van der Waals surface area contributed by atoms with E-state index in [9.17, 15) is 4.39 Å². The molecule has 0 spiro atoms. The molecule has 6 heteroatoms. The number of nitrogens with zero attached hydrogens (tertiary/aromatic N) is 4. The summed E-state index contributed by atoms with van der Waals surface area (Å²) in [6.07, 6.45) is 7.31. The summed E-state index contributed by atoms with van der Waals surface area (Å²) in [6, 6.07) is 11.2. The number of aryl methyl sites for hydroxylation is 1. The molecule has 134 valence electrons. The van der Waals surface area contributed by atoms with Crippen LogP contribution in [0.25, 0.3) is 16.8 Å². The molecule has 0 saturated carbocycles. The van der Waals surface area contributed by atoms with E-state index in [1.807, 2.05) is 22.6 Å². The highest BCUT2D eigenvalue weighted by atomic mass is 19.1. The second-order valence-electron chi connectivity index (χ2n) is 6.60. The van der Waals surface area contributed by atoms with Crippen molar-refractivity contribution in [1.82, 2.24) is 19.6 Å². The van der Waals surface area contributed by atoms with Gasteiger partial charge in [0.15, 0.2) is 5.65 Å². The topological polar surface area (TPSA) is 52.3 Å². The highest BCUT2D eigenvalue weighted by Crippen LogP contribution is 2.31. The summed E-state index contributed by atoms with van der Waals surface area (Å²) < 4.78 is 21.9. The van der Waals surface area contributed by atoms with Crippen molar-refractivity contribution in [2.24, 2.45) is 0 Å². The van der Waals surface area contributed by atoms with Crippen molar-refractivity contribution in [3.8, 4) is 16.9 Å². The van der Waals surface area contributed by atoms with E-state index in [2.05, 4.69) is 21.2 Å². The Bertz CT molecular complexity index is 1120. The Morgan fingerprint density at radius 2 is 1.93 bits per heavy atom. The van der Waals surface area contributed by atoms with Crippen LogP contribution in [0.5, 0.6) is 5.75 Å². The number of pyridine rings is 2. The lowest BCUT2D eigenvalue weighted by Gasteiger charge is -2.11. The van der Waals surface area contributed by atoms with Crippen LogP contribution in [0.15, 0.2) is 55.1 Å². The lowest BCUT2D eigenvalue weighted by molar-refractivity contribution is 0.356. The van der Waals surface area contributed by atoms with Gasteiger partial charge in [0.2, 0.25) is 0 Å². The fraction of sp³-hybridized carbons (Fsp3) is 0.190. The van der Waals surface area contributed by atoms with E-state index in [0.29, 0.717) is 19.4 Å². The van der Waals surface area contributed by atoms with E-state index in [1.54, 1.807) is 24.8 Å². The van der Waals surface area contributed by atoms with Crippen molar-refractivity contribution < 1.29 is 9.13 Å². The van der Waals surface area contributed by atoms with E-state index in [-0.39, 0.29) is 5.82 Å². The third-order valence-corrected chi connectivity index (χ3v) is 5.10. The van der Waals surface area contributed by atoms with Crippen LogP contribution in [0.3, 0.4) is 0 Å². The monoisotopic (exact) mass is 360 g/mol. The number of benzene rings is 1. The molecule has 0 amide bonds. The van der Waals surface area contributed by atoms with Gasteiger partial charge in [-0.05, 0) is 60.4 Å². The van der Waals surface area contributed by atoms with Gasteiger partial charge in [-0.2, -0.15) is 0 Å². The van der Waals surface area contributed by atoms with Gasteiger partial charge >= 0.3 is 0 Å². The smallest absolute Gasteiger partial charge is 0.168 e. The Labute approximate surface area is 155 Å². The summed E-state index contributed by atoms with van der Waals surface area (Å²) in [5.74, 6) is 0.654. The summed E-state index contributed by atoms with van der Waals surface area (Å²) in [4.78, 5) is 4.07. The molecule has 0 atom stereocenters. The lowest BCUT2D eigenvalue weighted by atomic mass is 9.98. The molecule has 0 unspecified atom stereocenters. The highest BCUT2D eigenvalue weighted by Gasteiger charge is 2.19. The fourth-order valence-corrected chi connectivity index (χ4v) is 3.76. The summed E-state index contributed by atoms with van der Waals surface area (Å²) >= 11 is 0. The molecule has 0 fully saturated rings. The Hall–Kier alpha value is -3.28. The number of aromatic nitrogens is 4. The van der Waals surface area contributed by atoms with Gasteiger partial charge in [0.1, 0.15) is 17.9 Å². The van der Waals surface area contributed by atoms with Crippen molar-refractivity contribution in [2.75, 3.05) is 6.61 Å². The van der Waals surface area contributed by atoms with Crippen LogP contribution in [0.4, 0.5) is 4.39 Å². The summed E-state index contributed by atoms with van der Waals surface area (Å²) in [5.41, 5.74) is 5.63. The van der Waals surface area contributed by atoms with Gasteiger partial charge in [0, 0.05) is 35.6 Å². The molecule has 0 aliphatic carbocycles. The van der Waals surface area contributed by atoms with Crippen molar-refractivity contribution in [1.29, 1.82) is 0 Å². The van der Waals surface area contributed by atoms with Crippen molar-refractivity contribution in [2.45, 2.75) is 19.3 Å². The van der Waals surface area contributed by atoms with E-state index >= 15 is 0 Å². The van der Waals surface area contributed by atoms with E-state index in [4.69, 9.17) is 4.74 Å². The highest BCUT2D eigenvalue weighted by molar-refractivity contribution is 5.77. The molecule has 5 rings (SSSR count). The third-order valence-electron chi connectivity index (χ3n) is 5.10. The first-order valence-corrected chi connectivity index (χ1v) is 8.96. The molecule has 5 nitrogen and oxygen atoms in total. The van der Waals surface area contributed by atoms with Gasteiger partial charge < -0.3 is 4.74 Å². The second-order valence-corrected chi connectivity index (χ2v) is 6.60. The molecule has 0 saturated heterocycles. The van der Waals surface area contributed by atoms with E-state index in [0.717, 1.165) is 45.8 Å². The van der Waals surface area contributed by atoms with Crippen LogP contribution in [-0.2, 0) is 19.3 Å². The molecule has 0 radical (unpaired) electrons. The molecular weight excluding hydrogens is 343 g/mol. The van der Waals surface area contributed by atoms with Gasteiger partial charge in [-0.1, -0.05) is 0 Å². The molecule has 0 N–H and O–H groups in total. The summed E-state index contributed by atoms with van der Waals surface area (Å²) in [6.45, 7) is 0.627. The molecule has 4 heterocycles. The number of ether oxygens (including phenoxy) is 1. The maximum absolute atomic E-state index is 14.4. The summed E-state index contributed by atoms with van der Waals surface area (Å²) in [5, 5.41) is 8.37. The van der Waals surface area contributed by atoms with Crippen LogP contribution >= 0.6 is 0 Å². The first-order chi connectivity index (χ1) is 13.3. The second kappa shape index (κ2) is 6.46. The minimum Gasteiger partial charge on any atom is -0.493 e. The molecule has 1 aliphatic rings. The molecule has 1 aliphatic heterocycles. The zero-order valence-corrected chi connectivity index (χ0v) is 14.6. The van der Waals surface area contributed by atoms with Gasteiger partial charge in [-0.3, -0.25) is 9.38 Å². The van der Waals surface area contributed by atoms with Gasteiger partial charge in [0.05, 0.1) is 6.61 Å². The predicted molar refractivity (Wildman–Crippen MR) is 99.2 cm³/mol. The fourth-order valence-electron chi connectivity index (χ4n) is 3.76. The quantitative estimate of drug-likeness (QED) is 0.557. The first-order valence-electron chi connectivity index (χ1n) is 8.96. The number of halogens is 1. The van der Waals surface area contributed by atoms with Crippen LogP contribution in [-0.4, -0.2) is 26.2 Å². The van der Waals surface area contributed by atoms with Crippen molar-refractivity contribution in [3.63, 3.8) is 0 Å². The van der Waals surface area contributed by atoms with E-state index in [1.165, 1.54) is 6.07 Å². The van der Waals surface area contributed by atoms with Gasteiger partial charge in [-0.25, -0.2) is 4.39 Å². The summed E-state index contributed by atoms with van der Waals surface area (Å²) in [7, 11) is 0. The predicted octanol–water partition coefficient (Wildman–Crippen LogP) is 3.65. The van der Waals surface area contributed by atoms with Crippen LogP contribution in [0.2, 0.25) is 0 Å². The first kappa shape index (κ1) is 15.9. The van der Waals surface area contributed by atoms with Crippen LogP contribution in [0.1, 0.15) is 16.8 Å². The number of rotatable bonds is 4. The van der Waals surface area contributed by atoms with Crippen LogP contribution < -0.4 is 4.74 Å². The Morgan fingerprint density at radius 3 is 2.81 bits per heavy atom. The number of hydrogen-bond acceptors (Lipinski definition) is 4. The Balaban J connectivity index is 1.49. The minimum absolute atomic E-state index is 0.160. The average molecular weight is 360 g/mol. The SMILES string of the molecule is Fc1ccc2c(c1CCc1ccc(-c3ccncc3)c3nncn13)CCO2. The number of fused-ring (bicyclic) bond motifs is 2. The standard InChI is InChI=1S/C21H17FN4O/c22-19-5-6-20-18(9-12-27-20)17(19)4-2-15-1-3-16(14-7-10-23-11-8-14)21-25-24-13-26(15)21/h1,3,5-8,10-11,13H,2,4,9,12H2. The largest absolute Gasteiger partial charge is 0.493 e. The zero-order chi connectivity index (χ0) is 18.2. The Kier molecular flexibility index (Phi) is 3.81. The Morgan fingerprint density at radius 1 is 1.04 bits per heavy atom. The van der Waals surface area contributed by atoms with Gasteiger partial charge in [0.25, 0.3) is 0 Å². The molecule has 27 heavy (non-hydrogen) atoms. The van der Waals surface area contributed by atoms with E-state index < -0.39 is 0 Å². The normalized spacial score (nSPS) is 12.9. The van der Waals surface area contributed by atoms with Crippen LogP contribution in [0, 0.1) is 5.82 Å². The average Bonchev–Trinajstić information content (AvgIpc) is 3.37. The van der Waals surface area contributed by atoms with Crippen molar-refractivity contribution in [3.05, 3.63) is 77.8 Å². The maximum Gasteiger partial charge on any atom is 0.168 e. The third kappa shape index (κ3) is 2.73. The lowest BCUT2D eigenvalue weighted by Crippen LogP contribution is -2.03. The number of hydrogen-bond donors (Lipinski definition) is 0. The van der Waals surface area contributed by atoms with Crippen molar-refractivity contribution >= 4 is 5.65 Å². The van der Waals surface area contributed by atoms with Gasteiger partial charge in [-0.15, -0.1) is 10.2 Å². The molecule has 4 aromatic rings. The molecule has 0 bridgehead atoms. The maximum atomic E-state index is 14.4. The molecule has 1 aromatic carbocycles.